The summed E-state index contributed by atoms with van der Waals surface area (Å²) in [4.78, 5) is 0. The predicted molar refractivity (Wildman–Crippen MR) is 91.8 cm³/mol. The molecule has 0 fully saturated rings. The highest BCUT2D eigenvalue weighted by Crippen LogP contribution is 2.28. The van der Waals surface area contributed by atoms with Crippen LogP contribution in [0.1, 0.15) is 11.1 Å². The van der Waals surface area contributed by atoms with E-state index in [1.807, 2.05) is 42.5 Å². The molecule has 3 aromatic rings. The lowest BCUT2D eigenvalue weighted by Crippen LogP contribution is -1.98. The lowest BCUT2D eigenvalue weighted by atomic mass is 10.2. The Bertz CT molecular complexity index is 834. The van der Waals surface area contributed by atoms with Gasteiger partial charge in [-0.15, -0.1) is 10.2 Å². The molecule has 0 aliphatic carbocycles. The van der Waals surface area contributed by atoms with E-state index in [9.17, 15) is 0 Å². The van der Waals surface area contributed by atoms with Crippen LogP contribution in [0.2, 0.25) is 5.02 Å². The summed E-state index contributed by atoms with van der Waals surface area (Å²) in [5, 5.41) is 12.3. The second-order valence-electron chi connectivity index (χ2n) is 4.92. The smallest absolute Gasteiger partial charge is 0.161 e. The van der Waals surface area contributed by atoms with Gasteiger partial charge in [-0.1, -0.05) is 23.7 Å². The van der Waals surface area contributed by atoms with E-state index in [2.05, 4.69) is 15.3 Å². The summed E-state index contributed by atoms with van der Waals surface area (Å²) in [7, 11) is 1.60. The van der Waals surface area contributed by atoms with Gasteiger partial charge in [-0.25, -0.2) is 4.68 Å². The molecule has 7 heteroatoms. The zero-order valence-electron chi connectivity index (χ0n) is 13.0. The molecular weight excluding hydrogens is 328 g/mol. The number of hydrogen-bond acceptors (Lipinski definition) is 5. The van der Waals surface area contributed by atoms with Gasteiger partial charge in [-0.05, 0) is 41.5 Å². The molecule has 0 N–H and O–H groups in total. The van der Waals surface area contributed by atoms with Gasteiger partial charge in [0.25, 0.3) is 0 Å². The van der Waals surface area contributed by atoms with Gasteiger partial charge in [0.2, 0.25) is 0 Å². The number of benzene rings is 2. The Morgan fingerprint density at radius 1 is 1.12 bits per heavy atom. The van der Waals surface area contributed by atoms with Gasteiger partial charge in [-0.3, -0.25) is 0 Å². The minimum atomic E-state index is 0.408. The SMILES string of the molecule is COc1cc(/C=N\n2cnnc2)ccc1OCc1cccc(Cl)c1. The van der Waals surface area contributed by atoms with Gasteiger partial charge in [0.15, 0.2) is 11.5 Å². The third kappa shape index (κ3) is 4.11. The zero-order valence-corrected chi connectivity index (χ0v) is 13.7. The molecule has 0 spiro atoms. The molecule has 0 bridgehead atoms. The van der Waals surface area contributed by atoms with Crippen molar-refractivity contribution in [3.05, 3.63) is 71.3 Å². The lowest BCUT2D eigenvalue weighted by Gasteiger charge is -2.11. The fourth-order valence-corrected chi connectivity index (χ4v) is 2.27. The largest absolute Gasteiger partial charge is 0.493 e. The van der Waals surface area contributed by atoms with E-state index in [0.29, 0.717) is 23.1 Å². The number of ether oxygens (including phenoxy) is 2. The van der Waals surface area contributed by atoms with E-state index in [1.165, 1.54) is 17.3 Å². The molecule has 1 heterocycles. The van der Waals surface area contributed by atoms with E-state index < -0.39 is 0 Å². The molecule has 0 radical (unpaired) electrons. The van der Waals surface area contributed by atoms with E-state index in [1.54, 1.807) is 13.3 Å². The van der Waals surface area contributed by atoms with Crippen LogP contribution in [0.15, 0.2) is 60.2 Å². The van der Waals surface area contributed by atoms with Crippen molar-refractivity contribution in [3.8, 4) is 11.5 Å². The van der Waals surface area contributed by atoms with Gasteiger partial charge in [0.05, 0.1) is 13.3 Å². The standard InChI is InChI=1S/C17H15ClN4O2/c1-23-17-8-13(9-21-22-11-19-20-12-22)5-6-16(17)24-10-14-3-2-4-15(18)7-14/h2-9,11-12H,10H2,1H3/b21-9-. The third-order valence-electron chi connectivity index (χ3n) is 3.22. The molecule has 2 aromatic carbocycles. The summed E-state index contributed by atoms with van der Waals surface area (Å²) in [5.74, 6) is 1.28. The van der Waals surface area contributed by atoms with Crippen molar-refractivity contribution in [2.24, 2.45) is 5.10 Å². The van der Waals surface area contributed by atoms with Crippen LogP contribution in [0, 0.1) is 0 Å². The van der Waals surface area contributed by atoms with Crippen molar-refractivity contribution in [3.63, 3.8) is 0 Å². The molecule has 122 valence electrons. The normalized spacial score (nSPS) is 10.9. The monoisotopic (exact) mass is 342 g/mol. The van der Waals surface area contributed by atoms with Crippen molar-refractivity contribution in [2.45, 2.75) is 6.61 Å². The molecule has 0 aliphatic heterocycles. The van der Waals surface area contributed by atoms with E-state index in [0.717, 1.165) is 11.1 Å². The van der Waals surface area contributed by atoms with Gasteiger partial charge >= 0.3 is 0 Å². The summed E-state index contributed by atoms with van der Waals surface area (Å²) in [6.45, 7) is 0.408. The fraction of sp³-hybridized carbons (Fsp3) is 0.118. The van der Waals surface area contributed by atoms with Crippen LogP contribution in [0.3, 0.4) is 0 Å². The topological polar surface area (TPSA) is 61.5 Å². The number of halogens is 1. The Balaban J connectivity index is 1.72. The Morgan fingerprint density at radius 2 is 1.96 bits per heavy atom. The predicted octanol–water partition coefficient (Wildman–Crippen LogP) is 3.40. The first-order chi connectivity index (χ1) is 11.7. The highest BCUT2D eigenvalue weighted by molar-refractivity contribution is 6.30. The summed E-state index contributed by atoms with van der Waals surface area (Å²) < 4.78 is 12.7. The molecule has 0 aliphatic rings. The first-order valence-electron chi connectivity index (χ1n) is 7.19. The fourth-order valence-electron chi connectivity index (χ4n) is 2.06. The zero-order chi connectivity index (χ0) is 16.8. The van der Waals surface area contributed by atoms with Crippen LogP contribution in [-0.4, -0.2) is 28.2 Å². The Hall–Kier alpha value is -2.86. The van der Waals surface area contributed by atoms with Crippen LogP contribution < -0.4 is 9.47 Å². The average molecular weight is 343 g/mol. The summed E-state index contributed by atoms with van der Waals surface area (Å²) >= 11 is 5.98. The average Bonchev–Trinajstić information content (AvgIpc) is 3.12. The van der Waals surface area contributed by atoms with Crippen molar-refractivity contribution in [2.75, 3.05) is 7.11 Å². The molecule has 24 heavy (non-hydrogen) atoms. The van der Waals surface area contributed by atoms with Gasteiger partial charge in [0, 0.05) is 5.02 Å². The quantitative estimate of drug-likeness (QED) is 0.644. The summed E-state index contributed by atoms with van der Waals surface area (Å²) in [5.41, 5.74) is 1.86. The Morgan fingerprint density at radius 3 is 2.71 bits per heavy atom. The minimum absolute atomic E-state index is 0.408. The lowest BCUT2D eigenvalue weighted by molar-refractivity contribution is 0.284. The Labute approximate surface area is 144 Å². The van der Waals surface area contributed by atoms with Gasteiger partial charge in [0.1, 0.15) is 19.3 Å². The van der Waals surface area contributed by atoms with Crippen LogP contribution in [0.4, 0.5) is 0 Å². The van der Waals surface area contributed by atoms with Crippen LogP contribution in [-0.2, 0) is 6.61 Å². The maximum absolute atomic E-state index is 5.98. The molecule has 0 amide bonds. The summed E-state index contributed by atoms with van der Waals surface area (Å²) in [6, 6.07) is 13.1. The second kappa shape index (κ2) is 7.61. The third-order valence-corrected chi connectivity index (χ3v) is 3.45. The maximum atomic E-state index is 5.98. The van der Waals surface area contributed by atoms with E-state index in [4.69, 9.17) is 21.1 Å². The van der Waals surface area contributed by atoms with Crippen molar-refractivity contribution in [1.29, 1.82) is 0 Å². The molecule has 1 aromatic heterocycles. The molecule has 6 nitrogen and oxygen atoms in total. The number of aromatic nitrogens is 3. The minimum Gasteiger partial charge on any atom is -0.493 e. The highest BCUT2D eigenvalue weighted by Gasteiger charge is 2.06. The van der Waals surface area contributed by atoms with Gasteiger partial charge < -0.3 is 9.47 Å². The first-order valence-corrected chi connectivity index (χ1v) is 7.56. The van der Waals surface area contributed by atoms with Gasteiger partial charge in [-0.2, -0.15) is 5.10 Å². The van der Waals surface area contributed by atoms with E-state index in [-0.39, 0.29) is 0 Å². The van der Waals surface area contributed by atoms with E-state index >= 15 is 0 Å². The number of methoxy groups -OCH3 is 1. The number of hydrogen-bond donors (Lipinski definition) is 0. The van der Waals surface area contributed by atoms with Crippen LogP contribution in [0.5, 0.6) is 11.5 Å². The molecule has 0 saturated heterocycles. The molecule has 0 atom stereocenters. The Kier molecular flexibility index (Phi) is 5.08. The summed E-state index contributed by atoms with van der Waals surface area (Å²) in [6.07, 6.45) is 4.71. The number of nitrogens with zero attached hydrogens (tertiary/aromatic N) is 4. The highest BCUT2D eigenvalue weighted by atomic mass is 35.5. The van der Waals surface area contributed by atoms with Crippen molar-refractivity contribution in [1.82, 2.24) is 14.9 Å². The number of rotatable bonds is 6. The first kappa shape index (κ1) is 16.0. The van der Waals surface area contributed by atoms with Crippen molar-refractivity contribution >= 4 is 17.8 Å². The van der Waals surface area contributed by atoms with Crippen molar-refractivity contribution < 1.29 is 9.47 Å². The molecular formula is C17H15ClN4O2. The molecule has 0 unspecified atom stereocenters. The van der Waals surface area contributed by atoms with Crippen LogP contribution in [0.25, 0.3) is 0 Å². The second-order valence-corrected chi connectivity index (χ2v) is 5.35. The van der Waals surface area contributed by atoms with Crippen LogP contribution >= 0.6 is 11.6 Å². The molecule has 3 rings (SSSR count). The maximum Gasteiger partial charge on any atom is 0.161 e. The molecule has 0 saturated carbocycles.